The van der Waals surface area contributed by atoms with E-state index in [1.165, 1.54) is 0 Å². The minimum absolute atomic E-state index is 0.0511. The van der Waals surface area contributed by atoms with Gasteiger partial charge in [0.25, 0.3) is 0 Å². The van der Waals surface area contributed by atoms with E-state index in [4.69, 9.17) is 5.41 Å². The molecule has 0 saturated carbocycles. The maximum Gasteiger partial charge on any atom is 0.188 e. The Morgan fingerprint density at radius 3 is 2.73 bits per heavy atom. The predicted octanol–water partition coefficient (Wildman–Crippen LogP) is 3.36. The van der Waals surface area contributed by atoms with Gasteiger partial charge < -0.3 is 0 Å². The molecule has 0 bridgehead atoms. The topological polar surface area (TPSA) is 36.2 Å². The monoisotopic (exact) mass is 270 g/mol. The summed E-state index contributed by atoms with van der Waals surface area (Å²) in [7, 11) is 0. The van der Waals surface area contributed by atoms with E-state index in [1.807, 2.05) is 30.3 Å². The van der Waals surface area contributed by atoms with Gasteiger partial charge in [0.15, 0.2) is 4.74 Å². The van der Waals surface area contributed by atoms with Crippen LogP contribution in [0, 0.1) is 5.41 Å². The van der Waals surface area contributed by atoms with Crippen molar-refractivity contribution < 1.29 is 4.39 Å². The lowest BCUT2D eigenvalue weighted by Crippen LogP contribution is -2.04. The molecule has 80 valence electrons. The van der Waals surface area contributed by atoms with Crippen LogP contribution in [0.4, 0.5) is 4.39 Å². The van der Waals surface area contributed by atoms with Gasteiger partial charge in [-0.2, -0.15) is 0 Å². The smallest absolute Gasteiger partial charge is 0.188 e. The number of hydrogen-bond donors (Lipinski definition) is 1. The minimum atomic E-state index is -1.09. The van der Waals surface area contributed by atoms with Gasteiger partial charge in [0, 0.05) is 6.21 Å². The molecule has 0 spiro atoms. The zero-order valence-electron chi connectivity index (χ0n) is 8.16. The highest BCUT2D eigenvalue weighted by molar-refractivity contribution is 9.18. The third-order valence-electron chi connectivity index (χ3n) is 1.90. The molecule has 1 aromatic carbocycles. The molecule has 1 N–H and O–H groups in total. The van der Waals surface area contributed by atoms with Crippen molar-refractivity contribution in [3.63, 3.8) is 0 Å². The van der Waals surface area contributed by atoms with Crippen LogP contribution >= 0.6 is 15.9 Å². The number of halogens is 2. The quantitative estimate of drug-likeness (QED) is 0.495. The molecule has 0 aliphatic heterocycles. The summed E-state index contributed by atoms with van der Waals surface area (Å²) in [6.45, 7) is 0. The molecule has 1 aromatic rings. The molecule has 0 saturated heterocycles. The van der Waals surface area contributed by atoms with Crippen molar-refractivity contribution in [2.75, 3.05) is 0 Å². The van der Waals surface area contributed by atoms with E-state index in [0.29, 0.717) is 12.8 Å². The van der Waals surface area contributed by atoms with Crippen LogP contribution in [0.5, 0.6) is 0 Å². The molecule has 0 aliphatic carbocycles. The van der Waals surface area contributed by atoms with Crippen LogP contribution in [0.2, 0.25) is 0 Å². The van der Waals surface area contributed by atoms with Gasteiger partial charge >= 0.3 is 0 Å². The Morgan fingerprint density at radius 1 is 1.47 bits per heavy atom. The van der Waals surface area contributed by atoms with Gasteiger partial charge in [0.05, 0.1) is 0 Å². The average Bonchev–Trinajstić information content (AvgIpc) is 2.25. The fourth-order valence-electron chi connectivity index (χ4n) is 1.17. The van der Waals surface area contributed by atoms with Gasteiger partial charge in [0.2, 0.25) is 0 Å². The van der Waals surface area contributed by atoms with Crippen molar-refractivity contribution in [2.24, 2.45) is 4.99 Å². The molecule has 2 nitrogen and oxygen atoms in total. The molecule has 15 heavy (non-hydrogen) atoms. The van der Waals surface area contributed by atoms with E-state index in [2.05, 4.69) is 20.9 Å². The molecule has 0 fully saturated rings. The number of amidine groups is 1. The Morgan fingerprint density at radius 2 is 2.13 bits per heavy atom. The zero-order valence-corrected chi connectivity index (χ0v) is 9.74. The van der Waals surface area contributed by atoms with Crippen molar-refractivity contribution in [3.8, 4) is 0 Å². The standard InChI is InChI=1S/C11H12BrFN2/c12-11(14)15-8-10(13)7-6-9-4-2-1-3-5-9/h1-5,8,10,14H,6-7H2/b14-11?,15-8+/t10-/m1/s1. The second-order valence-corrected chi connectivity index (χ2v) is 3.86. The Hall–Kier alpha value is -1.03. The molecule has 0 aromatic heterocycles. The molecule has 4 heteroatoms. The fraction of sp³-hybridized carbons (Fsp3) is 0.273. The van der Waals surface area contributed by atoms with E-state index in [-0.39, 0.29) is 4.74 Å². The number of rotatable bonds is 4. The largest absolute Gasteiger partial charge is 0.277 e. The van der Waals surface area contributed by atoms with Crippen LogP contribution in [0.1, 0.15) is 12.0 Å². The first kappa shape index (κ1) is 12.0. The SMILES string of the molecule is N=C(Br)/N=C/[C@H](F)CCc1ccccc1. The van der Waals surface area contributed by atoms with Gasteiger partial charge in [-0.15, -0.1) is 0 Å². The van der Waals surface area contributed by atoms with Crippen molar-refractivity contribution in [1.29, 1.82) is 5.41 Å². The van der Waals surface area contributed by atoms with Crippen molar-refractivity contribution in [1.82, 2.24) is 0 Å². The van der Waals surface area contributed by atoms with E-state index in [1.54, 1.807) is 0 Å². The van der Waals surface area contributed by atoms with Crippen LogP contribution in [-0.2, 0) is 6.42 Å². The van der Waals surface area contributed by atoms with E-state index in [9.17, 15) is 4.39 Å². The predicted molar refractivity (Wildman–Crippen MR) is 64.8 cm³/mol. The lowest BCUT2D eigenvalue weighted by Gasteiger charge is -2.02. The fourth-order valence-corrected chi connectivity index (χ4v) is 1.29. The summed E-state index contributed by atoms with van der Waals surface area (Å²) in [5, 5.41) is 6.94. The summed E-state index contributed by atoms with van der Waals surface area (Å²) in [5.41, 5.74) is 1.11. The Labute approximate surface area is 96.9 Å². The zero-order chi connectivity index (χ0) is 11.1. The van der Waals surface area contributed by atoms with Crippen LogP contribution in [0.25, 0.3) is 0 Å². The van der Waals surface area contributed by atoms with Gasteiger partial charge in [-0.05, 0) is 34.3 Å². The van der Waals surface area contributed by atoms with Gasteiger partial charge in [-0.25, -0.2) is 9.38 Å². The second-order valence-electron chi connectivity index (χ2n) is 3.11. The first-order valence-electron chi connectivity index (χ1n) is 4.64. The van der Waals surface area contributed by atoms with E-state index in [0.717, 1.165) is 11.8 Å². The van der Waals surface area contributed by atoms with Crippen molar-refractivity contribution >= 4 is 26.9 Å². The summed E-state index contributed by atoms with van der Waals surface area (Å²) < 4.78 is 13.1. The van der Waals surface area contributed by atoms with Gasteiger partial charge in [0.1, 0.15) is 6.17 Å². The summed E-state index contributed by atoms with van der Waals surface area (Å²) in [5.74, 6) is 0. The summed E-state index contributed by atoms with van der Waals surface area (Å²) in [6, 6.07) is 9.74. The minimum Gasteiger partial charge on any atom is -0.277 e. The van der Waals surface area contributed by atoms with Crippen LogP contribution in [0.15, 0.2) is 35.3 Å². The number of nitrogens with one attached hydrogen (secondary N) is 1. The lowest BCUT2D eigenvalue weighted by molar-refractivity contribution is 0.408. The van der Waals surface area contributed by atoms with Crippen LogP contribution in [-0.4, -0.2) is 17.1 Å². The maximum atomic E-state index is 13.2. The number of benzene rings is 1. The Bertz CT molecular complexity index is 338. The third-order valence-corrected chi connectivity index (χ3v) is 2.11. The van der Waals surface area contributed by atoms with Crippen LogP contribution in [0.3, 0.4) is 0 Å². The molecule has 0 unspecified atom stereocenters. The molecule has 0 radical (unpaired) electrons. The Kier molecular flexibility index (Phi) is 5.18. The molecule has 1 atom stereocenters. The van der Waals surface area contributed by atoms with Crippen LogP contribution < -0.4 is 0 Å². The molecule has 0 heterocycles. The van der Waals surface area contributed by atoms with Gasteiger partial charge in [-0.1, -0.05) is 30.3 Å². The number of hydrogen-bond acceptors (Lipinski definition) is 1. The number of alkyl halides is 1. The number of nitrogens with zero attached hydrogens (tertiary/aromatic N) is 1. The van der Waals surface area contributed by atoms with Gasteiger partial charge in [-0.3, -0.25) is 5.41 Å². The first-order chi connectivity index (χ1) is 7.18. The Balaban J connectivity index is 2.34. The van der Waals surface area contributed by atoms with E-state index >= 15 is 0 Å². The number of aryl methyl sites for hydroxylation is 1. The second kappa shape index (κ2) is 6.45. The summed E-state index contributed by atoms with van der Waals surface area (Å²) in [6.07, 6.45) is 1.14. The normalized spacial score (nSPS) is 12.9. The highest BCUT2D eigenvalue weighted by atomic mass is 79.9. The number of aliphatic imine (C=N–C) groups is 1. The summed E-state index contributed by atoms with van der Waals surface area (Å²) in [4.78, 5) is 3.54. The summed E-state index contributed by atoms with van der Waals surface area (Å²) >= 11 is 2.82. The van der Waals surface area contributed by atoms with E-state index < -0.39 is 6.17 Å². The maximum absolute atomic E-state index is 13.2. The molecule has 1 rings (SSSR count). The third kappa shape index (κ3) is 5.42. The highest BCUT2D eigenvalue weighted by Gasteiger charge is 2.03. The van der Waals surface area contributed by atoms with Crippen molar-refractivity contribution in [2.45, 2.75) is 19.0 Å². The van der Waals surface area contributed by atoms with Crippen molar-refractivity contribution in [3.05, 3.63) is 35.9 Å². The average molecular weight is 271 g/mol. The highest BCUT2D eigenvalue weighted by Crippen LogP contribution is 2.06. The first-order valence-corrected chi connectivity index (χ1v) is 5.44. The molecular weight excluding hydrogens is 259 g/mol. The molecular formula is C11H12BrFN2. The lowest BCUT2D eigenvalue weighted by atomic mass is 10.1. The molecule has 0 aliphatic rings. The molecule has 0 amide bonds.